The average molecular weight is 283 g/mol. The lowest BCUT2D eigenvalue weighted by atomic mass is 10.1. The van der Waals surface area contributed by atoms with E-state index in [1.54, 1.807) is 12.1 Å². The topological polar surface area (TPSA) is 46.2 Å². The van der Waals surface area contributed by atoms with Crippen LogP contribution in [-0.4, -0.2) is 26.8 Å². The molecule has 0 aliphatic rings. The fourth-order valence-electron chi connectivity index (χ4n) is 2.59. The predicted octanol–water partition coefficient (Wildman–Crippen LogP) is 2.94. The molecule has 0 spiro atoms. The van der Waals surface area contributed by atoms with E-state index in [1.165, 1.54) is 0 Å². The Hall–Kier alpha value is -0.870. The Morgan fingerprint density at radius 1 is 1.21 bits per heavy atom. The van der Waals surface area contributed by atoms with Gasteiger partial charge in [-0.25, -0.2) is 8.42 Å². The number of benzene rings is 1. The van der Waals surface area contributed by atoms with E-state index in [2.05, 4.69) is 12.2 Å². The van der Waals surface area contributed by atoms with Crippen LogP contribution >= 0.6 is 0 Å². The fourth-order valence-corrected chi connectivity index (χ4v) is 4.84. The van der Waals surface area contributed by atoms with Crippen molar-refractivity contribution in [2.45, 2.75) is 56.2 Å². The van der Waals surface area contributed by atoms with Crippen molar-refractivity contribution < 1.29 is 8.42 Å². The molecule has 0 radical (unpaired) electrons. The quantitative estimate of drug-likeness (QED) is 0.837. The van der Waals surface area contributed by atoms with Gasteiger partial charge in [0.05, 0.1) is 10.1 Å². The summed E-state index contributed by atoms with van der Waals surface area (Å²) in [5.41, 5.74) is 0.826. The molecule has 0 aliphatic carbocycles. The van der Waals surface area contributed by atoms with E-state index >= 15 is 0 Å². The zero-order valence-corrected chi connectivity index (χ0v) is 13.1. The molecule has 1 rings (SSSR count). The number of sulfone groups is 1. The van der Waals surface area contributed by atoms with Crippen molar-refractivity contribution in [2.24, 2.45) is 0 Å². The normalized spacial score (nSPS) is 15.2. The van der Waals surface area contributed by atoms with Crippen LogP contribution in [0.4, 0.5) is 0 Å². The lowest BCUT2D eigenvalue weighted by Gasteiger charge is -2.26. The maximum atomic E-state index is 12.8. The van der Waals surface area contributed by atoms with Crippen LogP contribution in [0.15, 0.2) is 29.2 Å². The Labute approximate surface area is 117 Å². The highest BCUT2D eigenvalue weighted by atomic mass is 32.2. The fraction of sp³-hybridized carbons (Fsp3) is 0.600. The molecule has 0 heterocycles. The smallest absolute Gasteiger partial charge is 0.183 e. The first kappa shape index (κ1) is 16.2. The van der Waals surface area contributed by atoms with Crippen molar-refractivity contribution in [1.29, 1.82) is 0 Å². The Kier molecular flexibility index (Phi) is 6.01. The van der Waals surface area contributed by atoms with Crippen LogP contribution < -0.4 is 5.32 Å². The molecule has 1 aromatic carbocycles. The number of hydrogen-bond donors (Lipinski definition) is 1. The molecule has 3 nitrogen and oxygen atoms in total. The van der Waals surface area contributed by atoms with Crippen molar-refractivity contribution in [1.82, 2.24) is 5.32 Å². The highest BCUT2D eigenvalue weighted by Gasteiger charge is 2.32. The van der Waals surface area contributed by atoms with E-state index in [0.717, 1.165) is 18.4 Å². The molecule has 0 saturated carbocycles. The van der Waals surface area contributed by atoms with E-state index < -0.39 is 9.84 Å². The molecule has 4 heteroatoms. The van der Waals surface area contributed by atoms with Crippen LogP contribution in [0.25, 0.3) is 0 Å². The molecule has 0 fully saturated rings. The maximum Gasteiger partial charge on any atom is 0.183 e. The van der Waals surface area contributed by atoms with Crippen molar-refractivity contribution in [2.75, 3.05) is 7.05 Å². The molecular formula is C15H25NO2S. The van der Waals surface area contributed by atoms with E-state index in [-0.39, 0.29) is 11.3 Å². The number of nitrogens with one attached hydrogen (secondary N) is 1. The largest absolute Gasteiger partial charge is 0.316 e. The SMILES string of the molecule is CCCC(NC)C(CC)S(=O)(=O)c1ccccc1C. The molecule has 0 saturated heterocycles. The summed E-state index contributed by atoms with van der Waals surface area (Å²) in [5, 5.41) is 2.81. The summed E-state index contributed by atoms with van der Waals surface area (Å²) in [6.07, 6.45) is 2.48. The van der Waals surface area contributed by atoms with Gasteiger partial charge in [0, 0.05) is 6.04 Å². The second-order valence-corrected chi connectivity index (χ2v) is 7.08. The molecule has 0 bridgehead atoms. The summed E-state index contributed by atoms with van der Waals surface area (Å²) in [6, 6.07) is 7.25. The summed E-state index contributed by atoms with van der Waals surface area (Å²) in [4.78, 5) is 0.471. The van der Waals surface area contributed by atoms with Gasteiger partial charge in [-0.1, -0.05) is 38.5 Å². The third-order valence-corrected chi connectivity index (χ3v) is 6.15. The second kappa shape index (κ2) is 7.06. The summed E-state index contributed by atoms with van der Waals surface area (Å²) in [5.74, 6) is 0. The Balaban J connectivity index is 3.19. The lowest BCUT2D eigenvalue weighted by Crippen LogP contribution is -2.42. The molecule has 0 aliphatic heterocycles. The monoisotopic (exact) mass is 283 g/mol. The molecule has 0 aromatic heterocycles. The van der Waals surface area contributed by atoms with Crippen LogP contribution in [0.3, 0.4) is 0 Å². The minimum absolute atomic E-state index is 0.0135. The number of hydrogen-bond acceptors (Lipinski definition) is 3. The lowest BCUT2D eigenvalue weighted by molar-refractivity contribution is 0.464. The summed E-state index contributed by atoms with van der Waals surface area (Å²) in [7, 11) is -1.43. The van der Waals surface area contributed by atoms with Crippen LogP contribution in [-0.2, 0) is 9.84 Å². The van der Waals surface area contributed by atoms with Crippen LogP contribution in [0, 0.1) is 6.92 Å². The standard InChI is InChI=1S/C15H25NO2S/c1-5-9-13(16-4)14(6-2)19(17,18)15-11-8-7-10-12(15)3/h7-8,10-11,13-14,16H,5-6,9H2,1-4H3. The van der Waals surface area contributed by atoms with Crippen LogP contribution in [0.2, 0.25) is 0 Å². The molecule has 108 valence electrons. The molecule has 1 aromatic rings. The Morgan fingerprint density at radius 2 is 1.84 bits per heavy atom. The van der Waals surface area contributed by atoms with Gasteiger partial charge < -0.3 is 5.32 Å². The Morgan fingerprint density at radius 3 is 2.32 bits per heavy atom. The van der Waals surface area contributed by atoms with Gasteiger partial charge in [-0.3, -0.25) is 0 Å². The first-order chi connectivity index (χ1) is 8.98. The molecule has 2 atom stereocenters. The third kappa shape index (κ3) is 3.57. The third-order valence-electron chi connectivity index (χ3n) is 3.62. The first-order valence-electron chi connectivity index (χ1n) is 6.95. The van der Waals surface area contributed by atoms with Crippen LogP contribution in [0.1, 0.15) is 38.7 Å². The van der Waals surface area contributed by atoms with Gasteiger partial charge in [-0.2, -0.15) is 0 Å². The molecule has 2 unspecified atom stereocenters. The van der Waals surface area contributed by atoms with Gasteiger partial charge >= 0.3 is 0 Å². The first-order valence-corrected chi connectivity index (χ1v) is 8.50. The van der Waals surface area contributed by atoms with E-state index in [1.807, 2.05) is 33.0 Å². The van der Waals surface area contributed by atoms with Gasteiger partial charge in [0.25, 0.3) is 0 Å². The minimum atomic E-state index is -3.28. The van der Waals surface area contributed by atoms with Gasteiger partial charge in [0.1, 0.15) is 0 Å². The molecule has 0 amide bonds. The molecule has 19 heavy (non-hydrogen) atoms. The molecule has 1 N–H and O–H groups in total. The van der Waals surface area contributed by atoms with Gasteiger partial charge in [-0.05, 0) is 38.4 Å². The van der Waals surface area contributed by atoms with Crippen molar-refractivity contribution in [3.63, 3.8) is 0 Å². The second-order valence-electron chi connectivity index (χ2n) is 4.94. The van der Waals surface area contributed by atoms with Crippen molar-refractivity contribution in [3.8, 4) is 0 Å². The van der Waals surface area contributed by atoms with E-state index in [0.29, 0.717) is 11.3 Å². The maximum absolute atomic E-state index is 12.8. The van der Waals surface area contributed by atoms with Gasteiger partial charge in [-0.15, -0.1) is 0 Å². The molecular weight excluding hydrogens is 258 g/mol. The van der Waals surface area contributed by atoms with E-state index in [4.69, 9.17) is 0 Å². The zero-order valence-electron chi connectivity index (χ0n) is 12.3. The van der Waals surface area contributed by atoms with Crippen molar-refractivity contribution >= 4 is 9.84 Å². The van der Waals surface area contributed by atoms with Gasteiger partial charge in [0.2, 0.25) is 0 Å². The highest BCUT2D eigenvalue weighted by Crippen LogP contribution is 2.25. The number of aryl methyl sites for hydroxylation is 1. The summed E-state index contributed by atoms with van der Waals surface area (Å²) >= 11 is 0. The van der Waals surface area contributed by atoms with Crippen LogP contribution in [0.5, 0.6) is 0 Å². The Bertz CT molecular complexity index is 497. The minimum Gasteiger partial charge on any atom is -0.316 e. The highest BCUT2D eigenvalue weighted by molar-refractivity contribution is 7.92. The van der Waals surface area contributed by atoms with Gasteiger partial charge in [0.15, 0.2) is 9.84 Å². The number of rotatable bonds is 7. The zero-order chi connectivity index (χ0) is 14.5. The summed E-state index contributed by atoms with van der Waals surface area (Å²) in [6.45, 7) is 5.88. The van der Waals surface area contributed by atoms with Crippen molar-refractivity contribution in [3.05, 3.63) is 29.8 Å². The predicted molar refractivity (Wildman–Crippen MR) is 80.2 cm³/mol. The average Bonchev–Trinajstić information content (AvgIpc) is 2.38. The van der Waals surface area contributed by atoms with E-state index in [9.17, 15) is 8.42 Å². The summed E-state index contributed by atoms with van der Waals surface area (Å²) < 4.78 is 25.6.